The van der Waals surface area contributed by atoms with Gasteiger partial charge in [-0.05, 0) is 64.1 Å². The van der Waals surface area contributed by atoms with E-state index in [0.29, 0.717) is 27.4 Å². The molecule has 0 aliphatic carbocycles. The van der Waals surface area contributed by atoms with Crippen molar-refractivity contribution in [2.24, 2.45) is 11.6 Å². The minimum Gasteiger partial charge on any atom is -0.395 e. The van der Waals surface area contributed by atoms with E-state index < -0.39 is 28.8 Å². The number of nitrogen functional groups attached to an aromatic ring is 1. The minimum atomic E-state index is -0.978. The van der Waals surface area contributed by atoms with Gasteiger partial charge in [-0.2, -0.15) is 9.78 Å². The summed E-state index contributed by atoms with van der Waals surface area (Å²) in [5.41, 5.74) is 11.5. The molecule has 0 saturated carbocycles. The van der Waals surface area contributed by atoms with Crippen molar-refractivity contribution in [1.82, 2.24) is 9.78 Å². The Morgan fingerprint density at radius 2 is 1.65 bits per heavy atom. The molecule has 2 aromatic carbocycles. The van der Waals surface area contributed by atoms with Crippen LogP contribution in [0, 0.1) is 11.6 Å². The van der Waals surface area contributed by atoms with Crippen molar-refractivity contribution in [2.75, 3.05) is 41.1 Å². The summed E-state index contributed by atoms with van der Waals surface area (Å²) in [5.74, 6) is 3.58. The number of nitrogens with two attached hydrogens (primary N) is 3. The molecular formula is C25H32F2N8O2. The Hall–Kier alpha value is -4.03. The van der Waals surface area contributed by atoms with E-state index in [-0.39, 0.29) is 11.7 Å². The minimum absolute atomic E-state index is 0.00630. The zero-order valence-corrected chi connectivity index (χ0v) is 21.0. The number of hydrogen-bond acceptors (Lipinski definition) is 8. The monoisotopic (exact) mass is 514 g/mol. The van der Waals surface area contributed by atoms with Crippen molar-refractivity contribution in [3.63, 3.8) is 0 Å². The van der Waals surface area contributed by atoms with Gasteiger partial charge in [-0.3, -0.25) is 9.59 Å². The molecule has 1 saturated heterocycles. The highest BCUT2D eigenvalue weighted by atomic mass is 19.1. The SMILES string of the molecule is CC(C)N(N)c1ccc(NC(=O)c2ccc(=O)n(-c3c(F)cccc3F)n2)c(N2CCCC2)c1N.CN. The first-order valence-electron chi connectivity index (χ1n) is 11.8. The molecule has 37 heavy (non-hydrogen) atoms. The van der Waals surface area contributed by atoms with Crippen LogP contribution in [0.4, 0.5) is 31.5 Å². The third kappa shape index (κ3) is 5.70. The van der Waals surface area contributed by atoms with E-state index in [1.54, 1.807) is 17.1 Å². The van der Waals surface area contributed by atoms with Gasteiger partial charge >= 0.3 is 0 Å². The standard InChI is InChI=1S/C24H27F2N7O2.CH5N/c1-14(2)32(28)19-10-8-17(23(21(19)27)31-12-3-4-13-31)29-24(35)18-9-11-20(34)33(30-18)22-15(25)6-5-7-16(22)26;1-2/h5-11,14H,3-4,12-13,27-28H2,1-2H3,(H,29,35);2H2,1H3. The van der Waals surface area contributed by atoms with Crippen molar-refractivity contribution in [3.05, 3.63) is 70.1 Å². The molecule has 1 amide bonds. The van der Waals surface area contributed by atoms with Gasteiger partial charge in [-0.25, -0.2) is 14.6 Å². The molecule has 3 aromatic rings. The Bertz CT molecular complexity index is 1300. The maximum absolute atomic E-state index is 14.3. The quantitative estimate of drug-likeness (QED) is 0.223. The van der Waals surface area contributed by atoms with Gasteiger partial charge in [-0.1, -0.05) is 6.07 Å². The number of para-hydroxylation sites is 1. The van der Waals surface area contributed by atoms with Crippen LogP contribution in [0.5, 0.6) is 0 Å². The Kier molecular flexibility index (Phi) is 8.79. The van der Waals surface area contributed by atoms with Crippen molar-refractivity contribution < 1.29 is 13.6 Å². The zero-order valence-electron chi connectivity index (χ0n) is 21.0. The molecule has 1 fully saturated rings. The van der Waals surface area contributed by atoms with Crippen molar-refractivity contribution in [1.29, 1.82) is 0 Å². The number of carbonyl (C=O) groups excluding carboxylic acids is 1. The van der Waals surface area contributed by atoms with Gasteiger partial charge in [-0.15, -0.1) is 0 Å². The van der Waals surface area contributed by atoms with Crippen LogP contribution in [0.15, 0.2) is 47.3 Å². The van der Waals surface area contributed by atoms with Crippen LogP contribution >= 0.6 is 0 Å². The normalized spacial score (nSPS) is 12.8. The first kappa shape index (κ1) is 27.6. The summed E-state index contributed by atoms with van der Waals surface area (Å²) in [7, 11) is 1.50. The average molecular weight is 515 g/mol. The molecule has 7 N–H and O–H groups in total. The second-order valence-corrected chi connectivity index (χ2v) is 8.58. The number of benzene rings is 2. The number of carbonyl (C=O) groups is 1. The molecule has 0 spiro atoms. The first-order chi connectivity index (χ1) is 17.7. The number of aromatic nitrogens is 2. The smallest absolute Gasteiger partial charge is 0.276 e. The van der Waals surface area contributed by atoms with Crippen LogP contribution in [0.2, 0.25) is 0 Å². The number of halogens is 2. The molecule has 2 heterocycles. The molecule has 1 aliphatic heterocycles. The first-order valence-corrected chi connectivity index (χ1v) is 11.8. The third-order valence-corrected chi connectivity index (χ3v) is 5.88. The topological polar surface area (TPSA) is 149 Å². The molecule has 0 unspecified atom stereocenters. The molecule has 12 heteroatoms. The maximum Gasteiger partial charge on any atom is 0.276 e. The Labute approximate surface area is 213 Å². The summed E-state index contributed by atoms with van der Waals surface area (Å²) >= 11 is 0. The summed E-state index contributed by atoms with van der Waals surface area (Å²) in [6, 6.07) is 8.81. The van der Waals surface area contributed by atoms with Crippen molar-refractivity contribution >= 4 is 28.7 Å². The molecule has 4 rings (SSSR count). The highest BCUT2D eigenvalue weighted by Crippen LogP contribution is 2.41. The molecule has 1 aromatic heterocycles. The second-order valence-electron chi connectivity index (χ2n) is 8.58. The average Bonchev–Trinajstić information content (AvgIpc) is 3.40. The number of rotatable bonds is 6. The highest BCUT2D eigenvalue weighted by molar-refractivity contribution is 6.06. The number of hydrazine groups is 1. The van der Waals surface area contributed by atoms with Gasteiger partial charge in [0, 0.05) is 25.2 Å². The Morgan fingerprint density at radius 1 is 1.03 bits per heavy atom. The molecule has 10 nitrogen and oxygen atoms in total. The van der Waals surface area contributed by atoms with Crippen molar-refractivity contribution in [3.8, 4) is 5.69 Å². The summed E-state index contributed by atoms with van der Waals surface area (Å²) in [5, 5.41) is 8.26. The summed E-state index contributed by atoms with van der Waals surface area (Å²) in [4.78, 5) is 27.5. The molecule has 1 aliphatic rings. The molecule has 0 bridgehead atoms. The van der Waals surface area contributed by atoms with Crippen LogP contribution in [-0.4, -0.2) is 41.9 Å². The molecule has 198 valence electrons. The molecule has 0 radical (unpaired) electrons. The van der Waals surface area contributed by atoms with Crippen molar-refractivity contribution in [2.45, 2.75) is 32.7 Å². The van der Waals surface area contributed by atoms with Crippen LogP contribution in [-0.2, 0) is 0 Å². The fraction of sp³-hybridized carbons (Fsp3) is 0.320. The lowest BCUT2D eigenvalue weighted by atomic mass is 10.1. The number of nitrogens with zero attached hydrogens (tertiary/aromatic N) is 4. The van der Waals surface area contributed by atoms with Gasteiger partial charge in [0.15, 0.2) is 11.6 Å². The van der Waals surface area contributed by atoms with Gasteiger partial charge in [0.1, 0.15) is 11.4 Å². The maximum atomic E-state index is 14.3. The van der Waals surface area contributed by atoms with Crippen LogP contribution in [0.3, 0.4) is 0 Å². The predicted octanol–water partition coefficient (Wildman–Crippen LogP) is 2.61. The predicted molar refractivity (Wildman–Crippen MR) is 142 cm³/mol. The lowest BCUT2D eigenvalue weighted by molar-refractivity contribution is 0.102. The number of amides is 1. The van der Waals surface area contributed by atoms with E-state index in [4.69, 9.17) is 11.6 Å². The lowest BCUT2D eigenvalue weighted by Gasteiger charge is -2.30. The Morgan fingerprint density at radius 3 is 2.24 bits per heavy atom. The van der Waals surface area contributed by atoms with E-state index in [9.17, 15) is 18.4 Å². The van der Waals surface area contributed by atoms with Crippen LogP contribution < -0.4 is 38.1 Å². The van der Waals surface area contributed by atoms with E-state index >= 15 is 0 Å². The number of hydrogen-bond donors (Lipinski definition) is 4. The van der Waals surface area contributed by atoms with Crippen LogP contribution in [0.25, 0.3) is 5.69 Å². The number of anilines is 4. The van der Waals surface area contributed by atoms with Gasteiger partial charge < -0.3 is 26.7 Å². The third-order valence-electron chi connectivity index (χ3n) is 5.88. The second kappa shape index (κ2) is 11.8. The summed E-state index contributed by atoms with van der Waals surface area (Å²) < 4.78 is 29.0. The van der Waals surface area contributed by atoms with E-state index in [1.807, 2.05) is 13.8 Å². The molecular weight excluding hydrogens is 482 g/mol. The zero-order chi connectivity index (χ0) is 27.3. The van der Waals surface area contributed by atoms with Gasteiger partial charge in [0.2, 0.25) is 0 Å². The summed E-state index contributed by atoms with van der Waals surface area (Å²) in [6.07, 6.45) is 1.96. The van der Waals surface area contributed by atoms with Gasteiger partial charge in [0.25, 0.3) is 11.5 Å². The Balaban J connectivity index is 0.00000186. The summed E-state index contributed by atoms with van der Waals surface area (Å²) in [6.45, 7) is 5.39. The molecule has 0 atom stereocenters. The highest BCUT2D eigenvalue weighted by Gasteiger charge is 2.24. The van der Waals surface area contributed by atoms with E-state index in [2.05, 4.69) is 21.0 Å². The van der Waals surface area contributed by atoms with Gasteiger partial charge in [0.05, 0.1) is 22.7 Å². The van der Waals surface area contributed by atoms with Crippen LogP contribution in [0.1, 0.15) is 37.2 Å². The van der Waals surface area contributed by atoms with E-state index in [0.717, 1.165) is 44.1 Å². The largest absolute Gasteiger partial charge is 0.395 e. The fourth-order valence-corrected chi connectivity index (χ4v) is 4.05. The lowest BCUT2D eigenvalue weighted by Crippen LogP contribution is -2.38. The fourth-order valence-electron chi connectivity index (χ4n) is 4.05. The number of nitrogens with one attached hydrogen (secondary N) is 1. The van der Waals surface area contributed by atoms with E-state index in [1.165, 1.54) is 19.2 Å².